The van der Waals surface area contributed by atoms with E-state index in [2.05, 4.69) is 0 Å². The number of alkyl halides is 3. The second kappa shape index (κ2) is 1.87. The van der Waals surface area contributed by atoms with Crippen molar-refractivity contribution in [1.29, 1.82) is 0 Å². The number of rotatable bonds is 0. The Balaban J connectivity index is 3.42. The molecule has 10 heteroatoms. The van der Waals surface area contributed by atoms with Crippen molar-refractivity contribution in [2.45, 2.75) is 6.18 Å². The Morgan fingerprint density at radius 2 is 1.50 bits per heavy atom. The van der Waals surface area contributed by atoms with Crippen molar-refractivity contribution in [3.05, 3.63) is 0 Å². The molecule has 14 heavy (non-hydrogen) atoms. The van der Waals surface area contributed by atoms with Gasteiger partial charge in [0.25, 0.3) is 0 Å². The van der Waals surface area contributed by atoms with Gasteiger partial charge in [-0.25, -0.2) is 0 Å². The molecule has 1 heterocycles. The van der Waals surface area contributed by atoms with Gasteiger partial charge in [0.1, 0.15) is 0 Å². The van der Waals surface area contributed by atoms with Crippen LogP contribution in [0.2, 0.25) is 0 Å². The first kappa shape index (κ1) is 11.5. The molecule has 0 amide bonds. The van der Waals surface area contributed by atoms with E-state index < -0.39 is 28.5 Å². The van der Waals surface area contributed by atoms with Gasteiger partial charge in [-0.1, -0.05) is 0 Å². The first-order valence-electron chi connectivity index (χ1n) is 3.23. The summed E-state index contributed by atoms with van der Waals surface area (Å²) in [6.45, 7) is 0. The molecule has 0 saturated carbocycles. The topological polar surface area (TPSA) is 6.25 Å². The molecule has 86 valence electrons. The van der Waals surface area contributed by atoms with Gasteiger partial charge in [-0.2, -0.15) is 0 Å². The quantitative estimate of drug-likeness (QED) is 0.470. The van der Waals surface area contributed by atoms with Gasteiger partial charge in [0.05, 0.1) is 0 Å². The average Bonchev–Trinajstić information content (AvgIpc) is 1.81. The molecule has 0 radical (unpaired) electrons. The molecular weight excluding hydrogens is 240 g/mol. The predicted molar refractivity (Wildman–Crippen MR) is 36.4 cm³/mol. The molecule has 0 N–H and O–H groups in total. The Morgan fingerprint density at radius 3 is 1.64 bits per heavy atom. The summed E-state index contributed by atoms with van der Waals surface area (Å²) in [6.07, 6.45) is -5.21. The van der Waals surface area contributed by atoms with Crippen LogP contribution >= 0.6 is 7.49 Å². The summed E-state index contributed by atoms with van der Waals surface area (Å²) in [4.78, 5) is 0. The summed E-state index contributed by atoms with van der Waals surface area (Å²) < 4.78 is 83.7. The minimum absolute atomic E-state index is 0.0265. The molecule has 0 fully saturated rings. The summed E-state index contributed by atoms with van der Waals surface area (Å²) in [7, 11) is -9.00. The number of amidine groups is 1. The summed E-state index contributed by atoms with van der Waals surface area (Å²) >= 11 is 0. The van der Waals surface area contributed by atoms with E-state index in [1.807, 2.05) is 0 Å². The number of hydrogen-bond acceptors (Lipinski definition) is 1. The van der Waals surface area contributed by atoms with Gasteiger partial charge in [0.2, 0.25) is 0 Å². The van der Waals surface area contributed by atoms with E-state index in [1.165, 1.54) is 0 Å². The van der Waals surface area contributed by atoms with Crippen molar-refractivity contribution in [2.75, 3.05) is 14.1 Å². The van der Waals surface area contributed by atoms with E-state index in [1.54, 1.807) is 0 Å². The summed E-state index contributed by atoms with van der Waals surface area (Å²) in [5.74, 6) is -2.04. The molecule has 0 aromatic carbocycles. The van der Waals surface area contributed by atoms with Crippen molar-refractivity contribution < 1.29 is 34.3 Å². The van der Waals surface area contributed by atoms with Crippen LogP contribution in [0.3, 0.4) is 0 Å². The van der Waals surface area contributed by atoms with Gasteiger partial charge < -0.3 is 0 Å². The molecule has 0 aliphatic carbocycles. The first-order valence-corrected chi connectivity index (χ1v) is 5.39. The summed E-state index contributed by atoms with van der Waals surface area (Å²) in [5, 5.41) is 0. The molecular formula is C4H6F7N2P. The van der Waals surface area contributed by atoms with Crippen LogP contribution < -0.4 is 0 Å². The first-order chi connectivity index (χ1) is 5.71. The number of hydrogen-bond donors (Lipinski definition) is 0. The van der Waals surface area contributed by atoms with Gasteiger partial charge in [-0.05, 0) is 0 Å². The molecule has 0 spiro atoms. The standard InChI is InChI=1S/C4H6F7N2P/c1-12-3(4(5,6)7)13(2)14(12,8,9,10)11/h1-2H3. The minimum atomic E-state index is -9.05. The summed E-state index contributed by atoms with van der Waals surface area (Å²) in [6, 6.07) is 0. The van der Waals surface area contributed by atoms with E-state index in [0.717, 1.165) is 0 Å². The van der Waals surface area contributed by atoms with E-state index >= 15 is 0 Å². The van der Waals surface area contributed by atoms with Crippen LogP contribution in [0.25, 0.3) is 0 Å². The van der Waals surface area contributed by atoms with Crippen molar-refractivity contribution in [1.82, 2.24) is 4.67 Å². The second-order valence-electron chi connectivity index (χ2n) is 2.95. The predicted octanol–water partition coefficient (Wildman–Crippen LogP) is 2.99. The van der Waals surface area contributed by atoms with E-state index in [4.69, 9.17) is 0 Å². The molecule has 1 rings (SSSR count). The SMILES string of the molecule is CN1C(C(F)(F)F)=[N+](C)[P-]1(F)(F)(F)F. The third kappa shape index (κ3) is 1.11. The van der Waals surface area contributed by atoms with E-state index in [-0.39, 0.29) is 14.1 Å². The molecule has 0 aromatic rings. The van der Waals surface area contributed by atoms with E-state index in [0.29, 0.717) is 0 Å². The van der Waals surface area contributed by atoms with Crippen molar-refractivity contribution in [2.24, 2.45) is 0 Å². The number of halogens is 7. The van der Waals surface area contributed by atoms with Gasteiger partial charge in [-0.15, -0.1) is 0 Å². The van der Waals surface area contributed by atoms with Crippen LogP contribution in [0.1, 0.15) is 0 Å². The Labute approximate surface area is 73.7 Å². The maximum atomic E-state index is 12.6. The fourth-order valence-electron chi connectivity index (χ4n) is 1.11. The Morgan fingerprint density at radius 1 is 1.14 bits per heavy atom. The normalized spacial score (nSPS) is 33.6. The van der Waals surface area contributed by atoms with Crippen LogP contribution in [0, 0.1) is 0 Å². The molecule has 2 nitrogen and oxygen atoms in total. The van der Waals surface area contributed by atoms with Gasteiger partial charge in [0, 0.05) is 0 Å². The van der Waals surface area contributed by atoms with Crippen LogP contribution in [-0.4, -0.2) is 35.1 Å². The Kier molecular flexibility index (Phi) is 1.53. The molecule has 0 unspecified atom stereocenters. The molecule has 1 aliphatic heterocycles. The van der Waals surface area contributed by atoms with Crippen LogP contribution in [0.15, 0.2) is 0 Å². The second-order valence-corrected chi connectivity index (χ2v) is 6.30. The van der Waals surface area contributed by atoms with Crippen molar-refractivity contribution in [3.63, 3.8) is 0 Å². The van der Waals surface area contributed by atoms with Crippen molar-refractivity contribution >= 4 is 13.3 Å². The Hall–Kier alpha value is -0.590. The number of nitrogens with zero attached hydrogens (tertiary/aromatic N) is 2. The van der Waals surface area contributed by atoms with Crippen LogP contribution in [0.4, 0.5) is 30.0 Å². The molecule has 0 aromatic heterocycles. The average molecular weight is 246 g/mol. The Bertz CT molecular complexity index is 334. The zero-order valence-corrected chi connectivity index (χ0v) is 7.88. The zero-order chi connectivity index (χ0) is 11.6. The van der Waals surface area contributed by atoms with Crippen LogP contribution in [0.5, 0.6) is 0 Å². The third-order valence-corrected chi connectivity index (χ3v) is 4.77. The zero-order valence-electron chi connectivity index (χ0n) is 6.99. The van der Waals surface area contributed by atoms with E-state index in [9.17, 15) is 30.0 Å². The molecule has 0 bridgehead atoms. The summed E-state index contributed by atoms with van der Waals surface area (Å²) in [5.41, 5.74) is 0. The maximum absolute atomic E-state index is 12.6. The van der Waals surface area contributed by atoms with Crippen LogP contribution in [-0.2, 0) is 0 Å². The molecule has 0 saturated heterocycles. The molecule has 0 atom stereocenters. The fourth-order valence-corrected chi connectivity index (χ4v) is 2.63. The fraction of sp³-hybridized carbons (Fsp3) is 0.750. The third-order valence-electron chi connectivity index (χ3n) is 2.04. The van der Waals surface area contributed by atoms with Crippen molar-refractivity contribution in [3.8, 4) is 0 Å². The van der Waals surface area contributed by atoms with Gasteiger partial charge >= 0.3 is 72.6 Å². The van der Waals surface area contributed by atoms with Gasteiger partial charge in [-0.3, -0.25) is 0 Å². The molecule has 1 aliphatic rings. The monoisotopic (exact) mass is 246 g/mol. The van der Waals surface area contributed by atoms with Gasteiger partial charge in [0.15, 0.2) is 0 Å².